The van der Waals surface area contributed by atoms with Crippen molar-refractivity contribution in [3.05, 3.63) is 75.0 Å². The summed E-state index contributed by atoms with van der Waals surface area (Å²) < 4.78 is 7.30. The van der Waals surface area contributed by atoms with Crippen molar-refractivity contribution in [2.75, 3.05) is 0 Å². The lowest BCUT2D eigenvalue weighted by molar-refractivity contribution is 0.476. The molecule has 31 heavy (non-hydrogen) atoms. The number of nitrogens with zero attached hydrogens (tertiary/aromatic N) is 3. The summed E-state index contributed by atoms with van der Waals surface area (Å²) in [7, 11) is 0. The van der Waals surface area contributed by atoms with Gasteiger partial charge in [-0.25, -0.2) is 9.97 Å². The number of nitrogens with one attached hydrogen (secondary N) is 1. The Morgan fingerprint density at radius 2 is 2.03 bits per heavy atom. The first-order valence-electron chi connectivity index (χ1n) is 10.4. The number of fused-ring (bicyclic) bond motifs is 4. The molecule has 0 aliphatic heterocycles. The minimum absolute atomic E-state index is 0.0351. The van der Waals surface area contributed by atoms with Crippen molar-refractivity contribution in [3.63, 3.8) is 0 Å². The third-order valence-corrected chi connectivity index (χ3v) is 7.88. The lowest BCUT2D eigenvalue weighted by Crippen LogP contribution is -2.24. The molecule has 8 heteroatoms. The van der Waals surface area contributed by atoms with Crippen molar-refractivity contribution >= 4 is 44.3 Å². The molecule has 0 spiro atoms. The number of rotatable bonds is 5. The van der Waals surface area contributed by atoms with Gasteiger partial charge in [-0.2, -0.15) is 0 Å². The Morgan fingerprint density at radius 3 is 2.90 bits per heavy atom. The Balaban J connectivity index is 1.42. The molecule has 4 aromatic heterocycles. The van der Waals surface area contributed by atoms with Crippen molar-refractivity contribution in [2.24, 2.45) is 0 Å². The van der Waals surface area contributed by atoms with Crippen LogP contribution >= 0.6 is 23.1 Å². The molecular formula is C23H20N4O2S2. The van der Waals surface area contributed by atoms with Gasteiger partial charge in [0.2, 0.25) is 0 Å². The van der Waals surface area contributed by atoms with Crippen LogP contribution in [0.5, 0.6) is 0 Å². The third-order valence-electron chi connectivity index (χ3n) is 5.71. The number of aromatic amines is 1. The minimum Gasteiger partial charge on any atom is -0.467 e. The number of H-pyrrole nitrogens is 1. The van der Waals surface area contributed by atoms with Crippen LogP contribution in [0.3, 0.4) is 0 Å². The van der Waals surface area contributed by atoms with Crippen LogP contribution in [0.4, 0.5) is 0 Å². The molecule has 0 bridgehead atoms. The maximum Gasteiger partial charge on any atom is 0.263 e. The molecular weight excluding hydrogens is 428 g/mol. The minimum atomic E-state index is 0.0351. The molecule has 0 fully saturated rings. The summed E-state index contributed by atoms with van der Waals surface area (Å²) in [5, 5.41) is 1.51. The van der Waals surface area contributed by atoms with E-state index in [9.17, 15) is 4.79 Å². The van der Waals surface area contributed by atoms with Gasteiger partial charge in [-0.15, -0.1) is 11.3 Å². The molecule has 1 aliphatic rings. The standard InChI is InChI=1S/C23H20N4O2S2/c28-22-20-15-7-1-4-10-18(15)31-21(20)26-23(27(22)12-14-6-5-11-29-14)30-13-19-24-16-8-2-3-9-17(16)25-19/h2-3,5-6,8-9,11H,1,4,7,10,12-13H2,(H,24,25). The largest absolute Gasteiger partial charge is 0.467 e. The van der Waals surface area contributed by atoms with Crippen LogP contribution in [0, 0.1) is 0 Å². The lowest BCUT2D eigenvalue weighted by atomic mass is 9.97. The van der Waals surface area contributed by atoms with Crippen molar-refractivity contribution < 1.29 is 4.42 Å². The number of aromatic nitrogens is 4. The van der Waals surface area contributed by atoms with Gasteiger partial charge in [-0.1, -0.05) is 23.9 Å². The normalized spacial score (nSPS) is 13.8. The molecule has 0 radical (unpaired) electrons. The van der Waals surface area contributed by atoms with Gasteiger partial charge in [0.1, 0.15) is 16.4 Å². The number of furan rings is 1. The predicted octanol–water partition coefficient (Wildman–Crippen LogP) is 5.15. The Kier molecular flexibility index (Phi) is 4.69. The molecule has 0 atom stereocenters. The van der Waals surface area contributed by atoms with Gasteiger partial charge in [0.25, 0.3) is 5.56 Å². The highest BCUT2D eigenvalue weighted by Gasteiger charge is 2.23. The second kappa shape index (κ2) is 7.69. The first kappa shape index (κ1) is 18.9. The zero-order chi connectivity index (χ0) is 20.8. The van der Waals surface area contributed by atoms with Gasteiger partial charge >= 0.3 is 0 Å². The molecule has 156 valence electrons. The monoisotopic (exact) mass is 448 g/mol. The van der Waals surface area contributed by atoms with E-state index in [0.29, 0.717) is 17.5 Å². The number of aryl methyl sites for hydroxylation is 2. The fourth-order valence-electron chi connectivity index (χ4n) is 4.23. The smallest absolute Gasteiger partial charge is 0.263 e. The van der Waals surface area contributed by atoms with Crippen LogP contribution in [-0.2, 0) is 25.1 Å². The first-order chi connectivity index (χ1) is 15.3. The molecule has 0 amide bonds. The fraction of sp³-hybridized carbons (Fsp3) is 0.261. The van der Waals surface area contributed by atoms with E-state index in [0.717, 1.165) is 52.1 Å². The maximum atomic E-state index is 13.6. The average Bonchev–Trinajstić information content (AvgIpc) is 3.52. The van der Waals surface area contributed by atoms with E-state index in [1.807, 2.05) is 36.4 Å². The number of benzene rings is 1. The van der Waals surface area contributed by atoms with Crippen molar-refractivity contribution in [1.29, 1.82) is 0 Å². The van der Waals surface area contributed by atoms with E-state index in [2.05, 4.69) is 9.97 Å². The van der Waals surface area contributed by atoms with E-state index in [-0.39, 0.29) is 5.56 Å². The van der Waals surface area contributed by atoms with Crippen LogP contribution in [0.25, 0.3) is 21.3 Å². The Hall–Kier alpha value is -2.84. The number of para-hydroxylation sites is 2. The topological polar surface area (TPSA) is 76.7 Å². The molecule has 4 heterocycles. The summed E-state index contributed by atoms with van der Waals surface area (Å²) in [4.78, 5) is 28.8. The van der Waals surface area contributed by atoms with E-state index in [1.54, 1.807) is 22.2 Å². The highest BCUT2D eigenvalue weighted by atomic mass is 32.2. The SMILES string of the molecule is O=c1c2c3c(sc2nc(SCc2nc4ccccc4[nH]2)n1Cc1ccco1)CCCC3. The number of imidazole rings is 1. The van der Waals surface area contributed by atoms with Crippen LogP contribution < -0.4 is 5.56 Å². The van der Waals surface area contributed by atoms with E-state index >= 15 is 0 Å². The maximum absolute atomic E-state index is 13.6. The van der Waals surface area contributed by atoms with Crippen LogP contribution in [-0.4, -0.2) is 19.5 Å². The molecule has 1 N–H and O–H groups in total. The summed E-state index contributed by atoms with van der Waals surface area (Å²) in [5.41, 5.74) is 3.21. The number of thiophene rings is 1. The zero-order valence-corrected chi connectivity index (χ0v) is 18.4. The van der Waals surface area contributed by atoms with Crippen molar-refractivity contribution in [1.82, 2.24) is 19.5 Å². The van der Waals surface area contributed by atoms with E-state index < -0.39 is 0 Å². The summed E-state index contributed by atoms with van der Waals surface area (Å²) in [5.74, 6) is 2.23. The predicted molar refractivity (Wildman–Crippen MR) is 124 cm³/mol. The number of thioether (sulfide) groups is 1. The van der Waals surface area contributed by atoms with Crippen molar-refractivity contribution in [2.45, 2.75) is 43.1 Å². The van der Waals surface area contributed by atoms with Gasteiger partial charge < -0.3 is 9.40 Å². The van der Waals surface area contributed by atoms with Crippen LogP contribution in [0.1, 0.15) is 34.9 Å². The second-order valence-corrected chi connectivity index (χ2v) is 9.77. The van der Waals surface area contributed by atoms with Gasteiger partial charge in [-0.3, -0.25) is 9.36 Å². The average molecular weight is 449 g/mol. The fourth-order valence-corrected chi connectivity index (χ4v) is 6.41. The second-order valence-electron chi connectivity index (χ2n) is 7.75. The van der Waals surface area contributed by atoms with Gasteiger partial charge in [0, 0.05) is 4.88 Å². The molecule has 5 aromatic rings. The summed E-state index contributed by atoms with van der Waals surface area (Å²) in [6, 6.07) is 11.7. The quantitative estimate of drug-likeness (QED) is 0.297. The Labute approximate surface area is 186 Å². The Bertz CT molecular complexity index is 1410. The molecule has 6 rings (SSSR count). The van der Waals surface area contributed by atoms with Crippen LogP contribution in [0.2, 0.25) is 0 Å². The van der Waals surface area contributed by atoms with Gasteiger partial charge in [0.15, 0.2) is 5.16 Å². The highest BCUT2D eigenvalue weighted by molar-refractivity contribution is 7.98. The molecule has 0 saturated heterocycles. The molecule has 1 aliphatic carbocycles. The molecule has 0 saturated carbocycles. The number of hydrogen-bond acceptors (Lipinski definition) is 6. The lowest BCUT2D eigenvalue weighted by Gasteiger charge is -2.12. The molecule has 0 unspecified atom stereocenters. The summed E-state index contributed by atoms with van der Waals surface area (Å²) >= 11 is 3.22. The molecule has 6 nitrogen and oxygen atoms in total. The zero-order valence-electron chi connectivity index (χ0n) is 16.8. The van der Waals surface area contributed by atoms with Gasteiger partial charge in [-0.05, 0) is 55.5 Å². The Morgan fingerprint density at radius 1 is 1.13 bits per heavy atom. The van der Waals surface area contributed by atoms with Crippen LogP contribution in [0.15, 0.2) is 57.0 Å². The van der Waals surface area contributed by atoms with E-state index in [4.69, 9.17) is 9.40 Å². The highest BCUT2D eigenvalue weighted by Crippen LogP contribution is 2.35. The number of hydrogen-bond donors (Lipinski definition) is 1. The third kappa shape index (κ3) is 3.40. The molecule has 1 aromatic carbocycles. The summed E-state index contributed by atoms with van der Waals surface area (Å²) in [6.45, 7) is 0.377. The summed E-state index contributed by atoms with van der Waals surface area (Å²) in [6.07, 6.45) is 5.99. The first-order valence-corrected chi connectivity index (χ1v) is 12.2. The van der Waals surface area contributed by atoms with Gasteiger partial charge in [0.05, 0.1) is 35.0 Å². The van der Waals surface area contributed by atoms with E-state index in [1.165, 1.54) is 28.6 Å². The van der Waals surface area contributed by atoms with Crippen molar-refractivity contribution in [3.8, 4) is 0 Å².